The van der Waals surface area contributed by atoms with E-state index in [4.69, 9.17) is 0 Å². The summed E-state index contributed by atoms with van der Waals surface area (Å²) in [6.07, 6.45) is 0. The number of nitrogens with zero attached hydrogens (tertiary/aromatic N) is 1. The Morgan fingerprint density at radius 3 is 2.43 bits per heavy atom. The second kappa shape index (κ2) is 8.30. The molecular formula is C18H31BrN2. The van der Waals surface area contributed by atoms with Crippen molar-refractivity contribution >= 4 is 15.9 Å². The number of hydrogen-bond donors (Lipinski definition) is 1. The molecule has 0 bridgehead atoms. The van der Waals surface area contributed by atoms with Gasteiger partial charge in [0.1, 0.15) is 0 Å². The van der Waals surface area contributed by atoms with Crippen LogP contribution in [-0.2, 0) is 13.1 Å². The zero-order valence-electron chi connectivity index (χ0n) is 14.5. The maximum absolute atomic E-state index is 3.72. The van der Waals surface area contributed by atoms with Gasteiger partial charge < -0.3 is 10.2 Å². The third-order valence-corrected chi connectivity index (χ3v) is 3.92. The number of nitrogens with one attached hydrogen (secondary N) is 1. The second-order valence-electron chi connectivity index (χ2n) is 7.68. The van der Waals surface area contributed by atoms with Crippen molar-refractivity contribution in [3.05, 3.63) is 33.8 Å². The molecule has 0 fully saturated rings. The van der Waals surface area contributed by atoms with Crippen LogP contribution in [0.1, 0.15) is 45.7 Å². The molecule has 0 aliphatic heterocycles. The lowest BCUT2D eigenvalue weighted by Crippen LogP contribution is -2.29. The molecule has 3 heteroatoms. The van der Waals surface area contributed by atoms with Gasteiger partial charge in [0.05, 0.1) is 0 Å². The van der Waals surface area contributed by atoms with E-state index in [0.29, 0.717) is 11.3 Å². The number of hydrogen-bond acceptors (Lipinski definition) is 2. The van der Waals surface area contributed by atoms with E-state index in [1.807, 2.05) is 0 Å². The normalized spacial score (nSPS) is 12.4. The number of halogens is 1. The van der Waals surface area contributed by atoms with E-state index in [9.17, 15) is 0 Å². The highest BCUT2D eigenvalue weighted by Gasteiger charge is 2.14. The van der Waals surface area contributed by atoms with E-state index in [1.165, 1.54) is 15.6 Å². The van der Waals surface area contributed by atoms with Crippen LogP contribution in [-0.4, -0.2) is 25.0 Å². The lowest BCUT2D eigenvalue weighted by atomic mass is 9.96. The molecule has 0 aromatic heterocycles. The number of rotatable bonds is 7. The van der Waals surface area contributed by atoms with Crippen molar-refractivity contribution in [2.24, 2.45) is 11.3 Å². The summed E-state index contributed by atoms with van der Waals surface area (Å²) in [6, 6.07) is 6.72. The molecule has 120 valence electrons. The van der Waals surface area contributed by atoms with E-state index in [0.717, 1.165) is 26.2 Å². The molecule has 0 atom stereocenters. The molecule has 0 unspecified atom stereocenters. The highest BCUT2D eigenvalue weighted by Crippen LogP contribution is 2.22. The topological polar surface area (TPSA) is 15.3 Å². The van der Waals surface area contributed by atoms with Gasteiger partial charge in [0.25, 0.3) is 0 Å². The third-order valence-electron chi connectivity index (χ3n) is 3.18. The molecule has 0 saturated carbocycles. The Bertz CT molecular complexity index is 435. The summed E-state index contributed by atoms with van der Waals surface area (Å²) >= 11 is 3.72. The fourth-order valence-electron chi connectivity index (χ4n) is 2.49. The maximum Gasteiger partial charge on any atom is 0.0242 e. The predicted molar refractivity (Wildman–Crippen MR) is 96.5 cm³/mol. The fraction of sp³-hybridized carbons (Fsp3) is 0.667. The molecule has 1 N–H and O–H groups in total. The minimum atomic E-state index is 0.335. The van der Waals surface area contributed by atoms with Crippen LogP contribution < -0.4 is 5.32 Å². The Kier molecular flexibility index (Phi) is 7.38. The first-order chi connectivity index (χ1) is 9.67. The van der Waals surface area contributed by atoms with Gasteiger partial charge in [-0.2, -0.15) is 0 Å². The molecule has 1 aromatic carbocycles. The smallest absolute Gasteiger partial charge is 0.0242 e. The van der Waals surface area contributed by atoms with Crippen molar-refractivity contribution < 1.29 is 0 Å². The first kappa shape index (κ1) is 18.7. The van der Waals surface area contributed by atoms with Crippen molar-refractivity contribution in [2.75, 3.05) is 20.1 Å². The molecule has 0 aliphatic carbocycles. The first-order valence-corrected chi connectivity index (χ1v) is 8.63. The molecule has 0 radical (unpaired) electrons. The molecule has 1 rings (SSSR count). The zero-order valence-corrected chi connectivity index (χ0v) is 16.0. The van der Waals surface area contributed by atoms with Crippen molar-refractivity contribution in [1.29, 1.82) is 0 Å². The van der Waals surface area contributed by atoms with E-state index in [2.05, 4.69) is 86.0 Å². The van der Waals surface area contributed by atoms with Gasteiger partial charge in [0.15, 0.2) is 0 Å². The van der Waals surface area contributed by atoms with Crippen LogP contribution in [0.15, 0.2) is 22.7 Å². The van der Waals surface area contributed by atoms with E-state index < -0.39 is 0 Å². The monoisotopic (exact) mass is 354 g/mol. The summed E-state index contributed by atoms with van der Waals surface area (Å²) in [6.45, 7) is 15.4. The average molecular weight is 355 g/mol. The van der Waals surface area contributed by atoms with Crippen LogP contribution in [0.25, 0.3) is 0 Å². The van der Waals surface area contributed by atoms with Crippen molar-refractivity contribution in [3.8, 4) is 0 Å². The Hall–Kier alpha value is -0.380. The van der Waals surface area contributed by atoms with E-state index in [-0.39, 0.29) is 0 Å². The summed E-state index contributed by atoms with van der Waals surface area (Å²) in [4.78, 5) is 2.39. The minimum Gasteiger partial charge on any atom is -0.312 e. The van der Waals surface area contributed by atoms with Crippen LogP contribution in [0.2, 0.25) is 0 Å². The molecule has 2 nitrogen and oxygen atoms in total. The molecular weight excluding hydrogens is 324 g/mol. The Morgan fingerprint density at radius 1 is 1.24 bits per heavy atom. The van der Waals surface area contributed by atoms with Crippen molar-refractivity contribution in [2.45, 2.75) is 47.7 Å². The summed E-state index contributed by atoms with van der Waals surface area (Å²) in [7, 11) is 2.19. The molecule has 0 heterocycles. The molecule has 0 spiro atoms. The standard InChI is InChI=1S/C18H31BrN2/c1-14(2)10-20-11-15-7-8-16(17(19)9-15)12-21(6)13-18(3,4)5/h7-9,14,20H,10-13H2,1-6H3. The quantitative estimate of drug-likeness (QED) is 0.764. The summed E-state index contributed by atoms with van der Waals surface area (Å²) in [5, 5.41) is 3.49. The van der Waals surface area contributed by atoms with Gasteiger partial charge >= 0.3 is 0 Å². The summed E-state index contributed by atoms with van der Waals surface area (Å²) in [5.74, 6) is 0.693. The van der Waals surface area contributed by atoms with Crippen LogP contribution in [0.4, 0.5) is 0 Å². The second-order valence-corrected chi connectivity index (χ2v) is 8.54. The lowest BCUT2D eigenvalue weighted by Gasteiger charge is -2.27. The SMILES string of the molecule is CC(C)CNCc1ccc(CN(C)CC(C)(C)C)c(Br)c1. The van der Waals surface area contributed by atoms with Crippen molar-refractivity contribution in [3.63, 3.8) is 0 Å². The van der Waals surface area contributed by atoms with E-state index >= 15 is 0 Å². The highest BCUT2D eigenvalue weighted by atomic mass is 79.9. The molecule has 0 aliphatic rings. The van der Waals surface area contributed by atoms with E-state index in [1.54, 1.807) is 0 Å². The first-order valence-electron chi connectivity index (χ1n) is 7.84. The molecule has 0 amide bonds. The number of benzene rings is 1. The van der Waals surface area contributed by atoms with Gasteiger partial charge in [-0.05, 0) is 42.1 Å². The Morgan fingerprint density at radius 2 is 1.90 bits per heavy atom. The summed E-state index contributed by atoms with van der Waals surface area (Å²) < 4.78 is 1.21. The van der Waals surface area contributed by atoms with Crippen LogP contribution in [0.3, 0.4) is 0 Å². The summed E-state index contributed by atoms with van der Waals surface area (Å²) in [5.41, 5.74) is 3.03. The van der Waals surface area contributed by atoms with Crippen molar-refractivity contribution in [1.82, 2.24) is 10.2 Å². The Labute approximate surface area is 139 Å². The van der Waals surface area contributed by atoms with Gasteiger partial charge in [-0.3, -0.25) is 0 Å². The Balaban J connectivity index is 2.57. The fourth-order valence-corrected chi connectivity index (χ4v) is 3.04. The van der Waals surface area contributed by atoms with Crippen LogP contribution >= 0.6 is 15.9 Å². The minimum absolute atomic E-state index is 0.335. The lowest BCUT2D eigenvalue weighted by molar-refractivity contribution is 0.220. The molecule has 21 heavy (non-hydrogen) atoms. The van der Waals surface area contributed by atoms with Gasteiger partial charge in [0.2, 0.25) is 0 Å². The van der Waals surface area contributed by atoms with Gasteiger partial charge in [-0.1, -0.05) is 62.7 Å². The molecule has 1 aromatic rings. The zero-order chi connectivity index (χ0) is 16.0. The van der Waals surface area contributed by atoms with Crippen LogP contribution in [0, 0.1) is 11.3 Å². The maximum atomic E-state index is 3.72. The van der Waals surface area contributed by atoms with Gasteiger partial charge in [-0.15, -0.1) is 0 Å². The molecule has 0 saturated heterocycles. The van der Waals surface area contributed by atoms with Gasteiger partial charge in [0, 0.05) is 24.1 Å². The predicted octanol–water partition coefficient (Wildman–Crippen LogP) is 4.67. The van der Waals surface area contributed by atoms with Gasteiger partial charge in [-0.25, -0.2) is 0 Å². The highest BCUT2D eigenvalue weighted by molar-refractivity contribution is 9.10. The average Bonchev–Trinajstić information content (AvgIpc) is 2.29. The van der Waals surface area contributed by atoms with Crippen LogP contribution in [0.5, 0.6) is 0 Å². The third kappa shape index (κ3) is 7.98. The largest absolute Gasteiger partial charge is 0.312 e.